The maximum Gasteiger partial charge on any atom is 0.284 e. The minimum Gasteiger partial charge on any atom is -0.368 e. The first-order valence-corrected chi connectivity index (χ1v) is 13.6. The summed E-state index contributed by atoms with van der Waals surface area (Å²) in [6, 6.07) is 11.7. The standard InChI is InChI=1S/C24H24Cl3N5O3S/c1-31(2)15-29-36(34,35)22-10-19(30-23(33)9-16-5-3-4-6-21(16)25)7-8-20(22)17-12-28-32(13-17)14-18-11-24(18,26)27/h3-8,10,12-13,15,18H,9,11,14H2,1-2H3,(H,30,33). The molecule has 8 nitrogen and oxygen atoms in total. The molecule has 1 unspecified atom stereocenters. The van der Waals surface area contributed by atoms with Crippen LogP contribution >= 0.6 is 34.8 Å². The number of rotatable bonds is 9. The van der Waals surface area contributed by atoms with Crippen molar-refractivity contribution in [1.82, 2.24) is 14.7 Å². The van der Waals surface area contributed by atoms with E-state index in [4.69, 9.17) is 34.8 Å². The van der Waals surface area contributed by atoms with Gasteiger partial charge in [-0.05, 0) is 30.2 Å². The van der Waals surface area contributed by atoms with Crippen molar-refractivity contribution in [2.24, 2.45) is 10.3 Å². The number of nitrogens with one attached hydrogen (secondary N) is 1. The number of hydrogen-bond donors (Lipinski definition) is 1. The Hall–Kier alpha value is -2.59. The average Bonchev–Trinajstić information content (AvgIpc) is 3.16. The molecule has 190 valence electrons. The van der Waals surface area contributed by atoms with Gasteiger partial charge < -0.3 is 10.2 Å². The Labute approximate surface area is 224 Å². The molecule has 1 atom stereocenters. The molecular weight excluding hydrogens is 545 g/mol. The Balaban J connectivity index is 1.63. The zero-order valence-electron chi connectivity index (χ0n) is 19.5. The molecule has 12 heteroatoms. The Morgan fingerprint density at radius 3 is 2.67 bits per heavy atom. The highest BCUT2D eigenvalue weighted by molar-refractivity contribution is 7.90. The highest BCUT2D eigenvalue weighted by Gasteiger charge is 2.51. The highest BCUT2D eigenvalue weighted by atomic mass is 35.5. The Bertz CT molecular complexity index is 1420. The number of aromatic nitrogens is 2. The fourth-order valence-corrected chi connectivity index (χ4v) is 5.46. The lowest BCUT2D eigenvalue weighted by atomic mass is 10.1. The minimum atomic E-state index is -4.10. The smallest absolute Gasteiger partial charge is 0.284 e. The van der Waals surface area contributed by atoms with E-state index in [0.717, 1.165) is 0 Å². The third-order valence-electron chi connectivity index (χ3n) is 5.58. The molecule has 0 aliphatic heterocycles. The van der Waals surface area contributed by atoms with E-state index < -0.39 is 14.4 Å². The van der Waals surface area contributed by atoms with Crippen molar-refractivity contribution < 1.29 is 13.2 Å². The number of benzene rings is 2. The SMILES string of the molecule is CN(C)C=NS(=O)(=O)c1cc(NC(=O)Cc2ccccc2Cl)ccc1-c1cnn(CC2CC2(Cl)Cl)c1. The first kappa shape index (κ1) is 26.5. The lowest BCUT2D eigenvalue weighted by molar-refractivity contribution is -0.115. The van der Waals surface area contributed by atoms with Gasteiger partial charge in [0.05, 0.1) is 17.5 Å². The summed E-state index contributed by atoms with van der Waals surface area (Å²) < 4.78 is 31.1. The van der Waals surface area contributed by atoms with Crippen molar-refractivity contribution in [3.05, 3.63) is 65.4 Å². The topological polar surface area (TPSA) is 96.7 Å². The van der Waals surface area contributed by atoms with Gasteiger partial charge in [0.15, 0.2) is 0 Å². The van der Waals surface area contributed by atoms with E-state index >= 15 is 0 Å². The van der Waals surface area contributed by atoms with Crippen LogP contribution in [0.2, 0.25) is 5.02 Å². The summed E-state index contributed by atoms with van der Waals surface area (Å²) in [6.07, 6.45) is 5.23. The Kier molecular flexibility index (Phi) is 7.66. The summed E-state index contributed by atoms with van der Waals surface area (Å²) in [5, 5.41) is 7.56. The van der Waals surface area contributed by atoms with Crippen molar-refractivity contribution in [3.63, 3.8) is 0 Å². The second-order valence-corrected chi connectivity index (χ2v) is 12.4. The number of sulfonamides is 1. The zero-order chi connectivity index (χ0) is 26.1. The summed E-state index contributed by atoms with van der Waals surface area (Å²) in [7, 11) is -0.767. The van der Waals surface area contributed by atoms with Crippen LogP contribution < -0.4 is 5.32 Å². The number of anilines is 1. The normalized spacial score (nSPS) is 16.8. The molecule has 0 radical (unpaired) electrons. The van der Waals surface area contributed by atoms with Crippen molar-refractivity contribution >= 4 is 62.8 Å². The van der Waals surface area contributed by atoms with Crippen LogP contribution in [-0.4, -0.2) is 53.8 Å². The summed E-state index contributed by atoms with van der Waals surface area (Å²) in [6.45, 7) is 0.518. The van der Waals surface area contributed by atoms with Crippen LogP contribution in [0.4, 0.5) is 5.69 Å². The molecule has 4 rings (SSSR count). The number of carbonyl (C=O) groups excluding carboxylic acids is 1. The van der Waals surface area contributed by atoms with Crippen LogP contribution in [0.1, 0.15) is 12.0 Å². The van der Waals surface area contributed by atoms with E-state index in [1.165, 1.54) is 17.3 Å². The van der Waals surface area contributed by atoms with Crippen molar-refractivity contribution in [2.45, 2.75) is 28.6 Å². The first-order valence-electron chi connectivity index (χ1n) is 11.0. The maximum atomic E-state index is 13.2. The number of halogens is 3. The van der Waals surface area contributed by atoms with E-state index in [0.29, 0.717) is 40.4 Å². The molecule has 1 saturated carbocycles. The molecule has 1 amide bonds. The van der Waals surface area contributed by atoms with Gasteiger partial charge in [0.2, 0.25) is 5.91 Å². The van der Waals surface area contributed by atoms with Crippen LogP contribution in [-0.2, 0) is 27.8 Å². The molecule has 1 N–H and O–H groups in total. The van der Waals surface area contributed by atoms with Gasteiger partial charge in [-0.15, -0.1) is 27.6 Å². The number of carbonyl (C=O) groups is 1. The summed E-state index contributed by atoms with van der Waals surface area (Å²) in [4.78, 5) is 14.1. The number of amides is 1. The molecule has 0 bridgehead atoms. The Morgan fingerprint density at radius 2 is 2.00 bits per heavy atom. The second kappa shape index (κ2) is 10.4. The van der Waals surface area contributed by atoms with Gasteiger partial charge in [0, 0.05) is 54.6 Å². The van der Waals surface area contributed by atoms with Gasteiger partial charge in [-0.1, -0.05) is 35.9 Å². The van der Waals surface area contributed by atoms with Crippen molar-refractivity contribution in [2.75, 3.05) is 19.4 Å². The molecule has 1 aromatic heterocycles. The van der Waals surface area contributed by atoms with Gasteiger partial charge in [0.1, 0.15) is 10.7 Å². The van der Waals surface area contributed by atoms with E-state index in [1.54, 1.807) is 67.6 Å². The van der Waals surface area contributed by atoms with E-state index in [1.807, 2.05) is 0 Å². The maximum absolute atomic E-state index is 13.2. The van der Waals surface area contributed by atoms with E-state index in [9.17, 15) is 13.2 Å². The van der Waals surface area contributed by atoms with Crippen LogP contribution in [0.3, 0.4) is 0 Å². The summed E-state index contributed by atoms with van der Waals surface area (Å²) >= 11 is 18.4. The van der Waals surface area contributed by atoms with Gasteiger partial charge >= 0.3 is 0 Å². The number of nitrogens with zero attached hydrogens (tertiary/aromatic N) is 4. The minimum absolute atomic E-state index is 0.0405. The average molecular weight is 569 g/mol. The molecule has 2 aromatic carbocycles. The molecule has 0 saturated heterocycles. The van der Waals surface area contributed by atoms with Crippen molar-refractivity contribution in [3.8, 4) is 11.1 Å². The lowest BCUT2D eigenvalue weighted by Gasteiger charge is -2.12. The molecule has 1 aliphatic rings. The monoisotopic (exact) mass is 567 g/mol. The molecule has 0 spiro atoms. The third-order valence-corrected chi connectivity index (χ3v) is 8.14. The fraction of sp³-hybridized carbons (Fsp3) is 0.292. The molecular formula is C24H24Cl3N5O3S. The molecule has 1 aliphatic carbocycles. The van der Waals surface area contributed by atoms with Crippen LogP contribution in [0.5, 0.6) is 0 Å². The largest absolute Gasteiger partial charge is 0.368 e. The Morgan fingerprint density at radius 1 is 1.28 bits per heavy atom. The quantitative estimate of drug-likeness (QED) is 0.226. The van der Waals surface area contributed by atoms with Crippen LogP contribution in [0, 0.1) is 5.92 Å². The van der Waals surface area contributed by atoms with Crippen molar-refractivity contribution in [1.29, 1.82) is 0 Å². The van der Waals surface area contributed by atoms with E-state index in [2.05, 4.69) is 14.8 Å². The molecule has 1 heterocycles. The second-order valence-electron chi connectivity index (χ2n) is 8.80. The molecule has 1 fully saturated rings. The zero-order valence-corrected chi connectivity index (χ0v) is 22.6. The predicted molar refractivity (Wildman–Crippen MR) is 143 cm³/mol. The fourth-order valence-electron chi connectivity index (χ4n) is 3.58. The van der Waals surface area contributed by atoms with Gasteiger partial charge in [-0.3, -0.25) is 9.48 Å². The predicted octanol–water partition coefficient (Wildman–Crippen LogP) is 4.86. The summed E-state index contributed by atoms with van der Waals surface area (Å²) in [5.41, 5.74) is 1.96. The summed E-state index contributed by atoms with van der Waals surface area (Å²) in [5.74, 6) is -0.254. The highest BCUT2D eigenvalue weighted by Crippen LogP contribution is 2.53. The van der Waals surface area contributed by atoms with Crippen LogP contribution in [0.15, 0.2) is 64.2 Å². The lowest BCUT2D eigenvalue weighted by Crippen LogP contribution is -2.15. The van der Waals surface area contributed by atoms with Crippen LogP contribution in [0.25, 0.3) is 11.1 Å². The first-order chi connectivity index (χ1) is 16.9. The van der Waals surface area contributed by atoms with Gasteiger partial charge in [-0.25, -0.2) is 0 Å². The molecule has 36 heavy (non-hydrogen) atoms. The van der Waals surface area contributed by atoms with Gasteiger partial charge in [0.25, 0.3) is 10.0 Å². The molecule has 3 aromatic rings. The number of hydrogen-bond acceptors (Lipinski definition) is 4. The van der Waals surface area contributed by atoms with Gasteiger partial charge in [-0.2, -0.15) is 13.5 Å². The number of alkyl halides is 2. The third kappa shape index (κ3) is 6.39. The van der Waals surface area contributed by atoms with E-state index in [-0.39, 0.29) is 23.1 Å².